The zero-order valence-electron chi connectivity index (χ0n) is 9.86. The van der Waals surface area contributed by atoms with Gasteiger partial charge in [-0.25, -0.2) is 0 Å². The predicted octanol–water partition coefficient (Wildman–Crippen LogP) is 3.32. The average molecular weight is 288 g/mol. The van der Waals surface area contributed by atoms with Gasteiger partial charge < -0.3 is 9.84 Å². The summed E-state index contributed by atoms with van der Waals surface area (Å²) in [5.74, 6) is -0.176. The SMILES string of the molecule is COc1cc(C(O)(C(F)(F)F)C(F)(F)F)ccc1C. The van der Waals surface area contributed by atoms with E-state index in [0.717, 1.165) is 13.2 Å². The molecule has 0 aliphatic rings. The Morgan fingerprint density at radius 1 is 1.00 bits per heavy atom. The second-order valence-electron chi connectivity index (χ2n) is 3.89. The average Bonchev–Trinajstić information content (AvgIpc) is 2.25. The van der Waals surface area contributed by atoms with Crippen LogP contribution in [0.5, 0.6) is 5.75 Å². The van der Waals surface area contributed by atoms with Gasteiger partial charge in [-0.15, -0.1) is 0 Å². The molecule has 0 unspecified atom stereocenters. The molecule has 0 spiro atoms. The van der Waals surface area contributed by atoms with Gasteiger partial charge in [0.25, 0.3) is 5.60 Å². The molecule has 1 aromatic carbocycles. The summed E-state index contributed by atoms with van der Waals surface area (Å²) >= 11 is 0. The number of hydrogen-bond acceptors (Lipinski definition) is 2. The summed E-state index contributed by atoms with van der Waals surface area (Å²) < 4.78 is 80.3. The van der Waals surface area contributed by atoms with Crippen LogP contribution < -0.4 is 4.74 Å². The second-order valence-corrected chi connectivity index (χ2v) is 3.89. The first kappa shape index (κ1) is 15.6. The zero-order chi connectivity index (χ0) is 15.1. The third-order valence-electron chi connectivity index (χ3n) is 2.65. The molecular formula is C11H10F6O2. The van der Waals surface area contributed by atoms with Crippen LogP contribution >= 0.6 is 0 Å². The lowest BCUT2D eigenvalue weighted by atomic mass is 9.91. The maximum absolute atomic E-state index is 12.6. The Bertz CT molecular complexity index is 449. The minimum atomic E-state index is -5.90. The Kier molecular flexibility index (Phi) is 3.77. The van der Waals surface area contributed by atoms with Crippen LogP contribution in [0.1, 0.15) is 11.1 Å². The minimum absolute atomic E-state index is 0.176. The number of benzene rings is 1. The first-order chi connectivity index (χ1) is 8.45. The van der Waals surface area contributed by atoms with E-state index in [1.807, 2.05) is 0 Å². The van der Waals surface area contributed by atoms with E-state index in [-0.39, 0.29) is 5.75 Å². The molecule has 0 heterocycles. The van der Waals surface area contributed by atoms with Crippen molar-refractivity contribution in [3.8, 4) is 5.75 Å². The van der Waals surface area contributed by atoms with Gasteiger partial charge in [0.1, 0.15) is 5.75 Å². The Morgan fingerprint density at radius 2 is 1.47 bits per heavy atom. The van der Waals surface area contributed by atoms with Crippen molar-refractivity contribution in [3.63, 3.8) is 0 Å². The van der Waals surface area contributed by atoms with Crippen molar-refractivity contribution in [2.24, 2.45) is 0 Å². The molecule has 1 N–H and O–H groups in total. The van der Waals surface area contributed by atoms with E-state index in [2.05, 4.69) is 4.74 Å². The molecule has 0 aromatic heterocycles. The molecule has 0 saturated carbocycles. The summed E-state index contributed by atoms with van der Waals surface area (Å²) in [5.41, 5.74) is -5.92. The van der Waals surface area contributed by atoms with E-state index in [0.29, 0.717) is 17.7 Å². The monoisotopic (exact) mass is 288 g/mol. The molecule has 108 valence electrons. The topological polar surface area (TPSA) is 29.5 Å². The lowest BCUT2D eigenvalue weighted by molar-refractivity contribution is -0.376. The molecule has 0 radical (unpaired) electrons. The van der Waals surface area contributed by atoms with Crippen molar-refractivity contribution in [3.05, 3.63) is 29.3 Å². The standard InChI is InChI=1S/C11H10F6O2/c1-6-3-4-7(5-8(6)19-2)9(18,10(12,13)14)11(15,16)17/h3-5,18H,1-2H3. The van der Waals surface area contributed by atoms with Gasteiger partial charge in [-0.1, -0.05) is 12.1 Å². The van der Waals surface area contributed by atoms with Crippen molar-refractivity contribution in [2.45, 2.75) is 24.9 Å². The Morgan fingerprint density at radius 3 is 1.84 bits per heavy atom. The fraction of sp³-hybridized carbons (Fsp3) is 0.455. The molecule has 0 fully saturated rings. The summed E-state index contributed by atoms with van der Waals surface area (Å²) in [6.45, 7) is 1.45. The minimum Gasteiger partial charge on any atom is -0.496 e. The molecule has 0 bridgehead atoms. The van der Waals surface area contributed by atoms with Crippen molar-refractivity contribution in [1.82, 2.24) is 0 Å². The highest BCUT2D eigenvalue weighted by atomic mass is 19.4. The highest BCUT2D eigenvalue weighted by Gasteiger charge is 2.71. The number of halogens is 6. The smallest absolute Gasteiger partial charge is 0.430 e. The van der Waals surface area contributed by atoms with E-state index in [4.69, 9.17) is 5.11 Å². The Balaban J connectivity index is 3.52. The number of methoxy groups -OCH3 is 1. The molecule has 19 heavy (non-hydrogen) atoms. The number of aryl methyl sites for hydroxylation is 1. The van der Waals surface area contributed by atoms with Gasteiger partial charge in [-0.2, -0.15) is 26.3 Å². The summed E-state index contributed by atoms with van der Waals surface area (Å²) in [7, 11) is 1.10. The van der Waals surface area contributed by atoms with Crippen LogP contribution in [0.15, 0.2) is 18.2 Å². The molecule has 0 atom stereocenters. The zero-order valence-corrected chi connectivity index (χ0v) is 9.86. The van der Waals surface area contributed by atoms with E-state index < -0.39 is 23.5 Å². The summed E-state index contributed by atoms with van der Waals surface area (Å²) in [4.78, 5) is 0. The van der Waals surface area contributed by atoms with Gasteiger partial charge in [0.05, 0.1) is 7.11 Å². The molecule has 1 aromatic rings. The molecule has 1 rings (SSSR count). The van der Waals surface area contributed by atoms with Crippen molar-refractivity contribution >= 4 is 0 Å². The maximum atomic E-state index is 12.6. The molecule has 8 heteroatoms. The molecule has 0 amide bonds. The quantitative estimate of drug-likeness (QED) is 0.846. The summed E-state index contributed by atoms with van der Waals surface area (Å²) in [6.07, 6.45) is -11.8. The molecule has 0 aliphatic carbocycles. The van der Waals surface area contributed by atoms with Gasteiger partial charge in [0.15, 0.2) is 0 Å². The normalized spacial score (nSPS) is 13.5. The van der Waals surface area contributed by atoms with Crippen molar-refractivity contribution in [1.29, 1.82) is 0 Å². The van der Waals surface area contributed by atoms with Gasteiger partial charge >= 0.3 is 12.4 Å². The van der Waals surface area contributed by atoms with Gasteiger partial charge in [-0.3, -0.25) is 0 Å². The predicted molar refractivity (Wildman–Crippen MR) is 53.7 cm³/mol. The fourth-order valence-electron chi connectivity index (χ4n) is 1.53. The highest BCUT2D eigenvalue weighted by molar-refractivity contribution is 5.40. The largest absolute Gasteiger partial charge is 0.496 e. The van der Waals surface area contributed by atoms with Gasteiger partial charge in [-0.05, 0) is 18.6 Å². The first-order valence-corrected chi connectivity index (χ1v) is 4.96. The second kappa shape index (κ2) is 4.59. The summed E-state index contributed by atoms with van der Waals surface area (Å²) in [6, 6.07) is 2.10. The lowest BCUT2D eigenvalue weighted by Gasteiger charge is -2.32. The van der Waals surface area contributed by atoms with Crippen LogP contribution in [0, 0.1) is 6.92 Å². The highest BCUT2D eigenvalue weighted by Crippen LogP contribution is 2.50. The van der Waals surface area contributed by atoms with Crippen LogP contribution in [0.25, 0.3) is 0 Å². The number of rotatable bonds is 2. The number of hydrogen-bond donors (Lipinski definition) is 1. The maximum Gasteiger partial charge on any atom is 0.430 e. The van der Waals surface area contributed by atoms with E-state index in [1.54, 1.807) is 0 Å². The van der Waals surface area contributed by atoms with Crippen LogP contribution in [-0.2, 0) is 5.60 Å². The third-order valence-corrected chi connectivity index (χ3v) is 2.65. The molecular weight excluding hydrogens is 278 g/mol. The summed E-state index contributed by atoms with van der Waals surface area (Å²) in [5, 5.41) is 9.16. The molecule has 0 aliphatic heterocycles. The third kappa shape index (κ3) is 2.49. The Labute approximate surface area is 104 Å². The van der Waals surface area contributed by atoms with Gasteiger partial charge in [0.2, 0.25) is 0 Å². The van der Waals surface area contributed by atoms with E-state index in [9.17, 15) is 26.3 Å². The lowest BCUT2D eigenvalue weighted by Crippen LogP contribution is -2.53. The van der Waals surface area contributed by atoms with Crippen LogP contribution in [-0.4, -0.2) is 24.6 Å². The fourth-order valence-corrected chi connectivity index (χ4v) is 1.53. The van der Waals surface area contributed by atoms with Crippen LogP contribution in [0.4, 0.5) is 26.3 Å². The Hall–Kier alpha value is -1.44. The number of ether oxygens (including phenoxy) is 1. The van der Waals surface area contributed by atoms with Crippen molar-refractivity contribution < 1.29 is 36.2 Å². The number of alkyl halides is 6. The number of aliphatic hydroxyl groups is 1. The van der Waals surface area contributed by atoms with E-state index in [1.165, 1.54) is 6.92 Å². The van der Waals surface area contributed by atoms with Gasteiger partial charge in [0, 0.05) is 5.56 Å². The van der Waals surface area contributed by atoms with Crippen molar-refractivity contribution in [2.75, 3.05) is 7.11 Å². The van der Waals surface area contributed by atoms with Crippen LogP contribution in [0.2, 0.25) is 0 Å². The van der Waals surface area contributed by atoms with E-state index >= 15 is 0 Å². The van der Waals surface area contributed by atoms with Crippen LogP contribution in [0.3, 0.4) is 0 Å². The molecule has 2 nitrogen and oxygen atoms in total. The first-order valence-electron chi connectivity index (χ1n) is 4.96. The molecule has 0 saturated heterocycles.